The molecule has 0 radical (unpaired) electrons. The molecule has 0 unspecified atom stereocenters. The smallest absolute Gasteiger partial charge is 0.333 e. The number of allylic oxidation sites excluding steroid dienone is 1. The Labute approximate surface area is 429 Å². The molecule has 0 bridgehead atoms. The normalized spacial score (nSPS) is 10.5. The van der Waals surface area contributed by atoms with E-state index in [9.17, 15) is 14.7 Å². The molecular formula is C60H75ClN6O4. The number of hydrogen-bond donors (Lipinski definition) is 1. The fraction of sp³-hybridized carbons (Fsp3) is 0.300. The maximum Gasteiger partial charge on any atom is 0.333 e. The van der Waals surface area contributed by atoms with E-state index in [4.69, 9.17) is 16.3 Å². The molecule has 0 heterocycles. The molecule has 71 heavy (non-hydrogen) atoms. The SMILES string of the molecule is C=C(C)C(=O)Cl.C=C(C)C(=O)OCCN(C)c1ccc(C(c2ccc(N(C)C)cc2)c2ccc(N(C)C)cc2)cc1.CN(C)c1ccc(C(c2ccc(N(C)C)cc2)c2ccc(N(C)CCO)cc2)cc1. The number of anilines is 6. The second kappa shape index (κ2) is 27.4. The fourth-order valence-electron chi connectivity index (χ4n) is 7.66. The van der Waals surface area contributed by atoms with Crippen molar-refractivity contribution in [2.24, 2.45) is 0 Å². The highest BCUT2D eigenvalue weighted by atomic mass is 35.5. The van der Waals surface area contributed by atoms with Crippen LogP contribution in [0.25, 0.3) is 0 Å². The molecule has 0 aromatic heterocycles. The molecule has 0 saturated heterocycles. The van der Waals surface area contributed by atoms with Crippen molar-refractivity contribution in [2.75, 3.05) is 126 Å². The first-order valence-corrected chi connectivity index (χ1v) is 24.1. The Balaban J connectivity index is 0.000000279. The van der Waals surface area contributed by atoms with Crippen molar-refractivity contribution >= 4 is 56.9 Å². The first-order valence-electron chi connectivity index (χ1n) is 23.7. The number of halogens is 1. The molecule has 0 spiro atoms. The molecule has 0 aliphatic heterocycles. The summed E-state index contributed by atoms with van der Waals surface area (Å²) in [5, 5.41) is 8.75. The van der Waals surface area contributed by atoms with Crippen LogP contribution in [0.15, 0.2) is 170 Å². The average molecular weight is 980 g/mol. The minimum absolute atomic E-state index is 0.123. The Morgan fingerprint density at radius 2 is 0.662 bits per heavy atom. The van der Waals surface area contributed by atoms with E-state index in [0.29, 0.717) is 30.8 Å². The van der Waals surface area contributed by atoms with Crippen molar-refractivity contribution in [1.29, 1.82) is 0 Å². The lowest BCUT2D eigenvalue weighted by Crippen LogP contribution is -2.24. The van der Waals surface area contributed by atoms with Crippen LogP contribution in [-0.2, 0) is 14.3 Å². The van der Waals surface area contributed by atoms with E-state index in [1.54, 1.807) is 13.8 Å². The lowest BCUT2D eigenvalue weighted by Gasteiger charge is -2.23. The van der Waals surface area contributed by atoms with Gasteiger partial charge in [0.15, 0.2) is 0 Å². The number of esters is 1. The first kappa shape index (κ1) is 56.6. The lowest BCUT2D eigenvalue weighted by molar-refractivity contribution is -0.138. The summed E-state index contributed by atoms with van der Waals surface area (Å²) in [7, 11) is 20.5. The molecule has 6 aromatic carbocycles. The number of aliphatic hydroxyl groups is 1. The summed E-state index contributed by atoms with van der Waals surface area (Å²) in [6.07, 6.45) is 0. The third kappa shape index (κ3) is 16.8. The van der Waals surface area contributed by atoms with Gasteiger partial charge in [-0.05, 0) is 132 Å². The standard InChI is InChI=1S/C30H37N3O2.C26H33N3O.C4H5ClO/c1-22(2)30(34)35-21-20-33(7)28-18-12-25(13-19-28)29(23-8-14-26(15-9-23)31(3)4)24-10-16-27(17-11-24)32(5)6;1-27(2)23-12-6-20(7-13-23)26(21-8-14-24(15-9-21)28(3)4)22-10-16-25(17-11-22)29(5)18-19-30;1-3(2)4(5)6/h8-19,29H,1,20-21H2,2-7H3;6-17,26,30H,18-19H2,1-5H3;1H2,2H3. The molecule has 11 heteroatoms. The van der Waals surface area contributed by atoms with E-state index in [1.807, 2.05) is 14.1 Å². The van der Waals surface area contributed by atoms with Gasteiger partial charge in [-0.25, -0.2) is 4.79 Å². The number of likely N-dealkylation sites (N-methyl/N-ethyl adjacent to an activating group) is 2. The average Bonchev–Trinajstić information content (AvgIpc) is 3.35. The zero-order valence-electron chi connectivity index (χ0n) is 44.0. The quantitative estimate of drug-likeness (QED) is 0.0367. The van der Waals surface area contributed by atoms with Crippen LogP contribution < -0.4 is 29.4 Å². The number of rotatable bonds is 19. The van der Waals surface area contributed by atoms with Crippen LogP contribution in [-0.4, -0.2) is 113 Å². The molecule has 0 aliphatic rings. The highest BCUT2D eigenvalue weighted by Crippen LogP contribution is 2.36. The maximum absolute atomic E-state index is 11.6. The molecule has 6 aromatic rings. The molecule has 0 saturated carbocycles. The van der Waals surface area contributed by atoms with Gasteiger partial charge in [-0.15, -0.1) is 0 Å². The summed E-state index contributed by atoms with van der Waals surface area (Å²) in [4.78, 5) is 34.1. The van der Waals surface area contributed by atoms with Gasteiger partial charge in [0.2, 0.25) is 5.24 Å². The highest BCUT2D eigenvalue weighted by molar-refractivity contribution is 6.67. The van der Waals surface area contributed by atoms with E-state index in [2.05, 4.69) is 245 Å². The topological polar surface area (TPSA) is 83.0 Å². The van der Waals surface area contributed by atoms with Gasteiger partial charge in [0.1, 0.15) is 6.61 Å². The van der Waals surface area contributed by atoms with Gasteiger partial charge >= 0.3 is 5.97 Å². The van der Waals surface area contributed by atoms with Crippen LogP contribution in [0.4, 0.5) is 34.1 Å². The molecule has 0 fully saturated rings. The largest absolute Gasteiger partial charge is 0.460 e. The van der Waals surface area contributed by atoms with Gasteiger partial charge in [-0.2, -0.15) is 0 Å². The Hall–Kier alpha value is -7.01. The zero-order chi connectivity index (χ0) is 52.4. The molecule has 0 atom stereocenters. The van der Waals surface area contributed by atoms with E-state index in [1.165, 1.54) is 56.1 Å². The van der Waals surface area contributed by atoms with E-state index in [0.717, 1.165) is 11.4 Å². The van der Waals surface area contributed by atoms with Crippen LogP contribution in [0.2, 0.25) is 0 Å². The Bertz CT molecular complexity index is 2480. The summed E-state index contributed by atoms with van der Waals surface area (Å²) in [5.41, 5.74) is 15.3. The Kier molecular flexibility index (Phi) is 21.8. The van der Waals surface area contributed by atoms with Gasteiger partial charge in [-0.1, -0.05) is 86.0 Å². The maximum atomic E-state index is 11.6. The second-order valence-electron chi connectivity index (χ2n) is 18.5. The molecule has 0 amide bonds. The van der Waals surface area contributed by atoms with Crippen molar-refractivity contribution in [1.82, 2.24) is 0 Å². The highest BCUT2D eigenvalue weighted by Gasteiger charge is 2.20. The predicted molar refractivity (Wildman–Crippen MR) is 303 cm³/mol. The number of ether oxygens (including phenoxy) is 1. The van der Waals surface area contributed by atoms with Crippen molar-refractivity contribution in [3.63, 3.8) is 0 Å². The van der Waals surface area contributed by atoms with E-state index in [-0.39, 0.29) is 24.4 Å². The van der Waals surface area contributed by atoms with Crippen LogP contribution in [0, 0.1) is 0 Å². The van der Waals surface area contributed by atoms with E-state index >= 15 is 0 Å². The van der Waals surface area contributed by atoms with Crippen molar-refractivity contribution in [3.05, 3.63) is 203 Å². The Morgan fingerprint density at radius 1 is 0.437 bits per heavy atom. The number of carbonyl (C=O) groups is 2. The number of carbonyl (C=O) groups excluding carboxylic acids is 2. The lowest BCUT2D eigenvalue weighted by atomic mass is 9.85. The van der Waals surface area contributed by atoms with Crippen molar-refractivity contribution in [3.8, 4) is 0 Å². The van der Waals surface area contributed by atoms with E-state index < -0.39 is 5.24 Å². The second-order valence-corrected chi connectivity index (χ2v) is 18.9. The summed E-state index contributed by atoms with van der Waals surface area (Å²) in [5.74, 6) is -0.0647. The predicted octanol–water partition coefficient (Wildman–Crippen LogP) is 11.3. The molecule has 0 aliphatic carbocycles. The molecule has 6 rings (SSSR count). The van der Waals surface area contributed by atoms with Crippen LogP contribution >= 0.6 is 11.6 Å². The fourth-order valence-corrected chi connectivity index (χ4v) is 7.66. The van der Waals surface area contributed by atoms with Crippen molar-refractivity contribution in [2.45, 2.75) is 25.7 Å². The minimum Gasteiger partial charge on any atom is -0.460 e. The molecular weight excluding hydrogens is 904 g/mol. The van der Waals surface area contributed by atoms with Gasteiger partial charge < -0.3 is 39.2 Å². The summed E-state index contributed by atoms with van der Waals surface area (Å²) < 4.78 is 5.24. The number of benzene rings is 6. The summed E-state index contributed by atoms with van der Waals surface area (Å²) >= 11 is 4.87. The first-order chi connectivity index (χ1) is 33.7. The monoisotopic (exact) mass is 979 g/mol. The summed E-state index contributed by atoms with van der Waals surface area (Å²) in [6, 6.07) is 52.5. The zero-order valence-corrected chi connectivity index (χ0v) is 44.7. The van der Waals surface area contributed by atoms with Gasteiger partial charge in [0.05, 0.1) is 13.2 Å². The third-order valence-corrected chi connectivity index (χ3v) is 12.4. The van der Waals surface area contributed by atoms with Crippen LogP contribution in [0.3, 0.4) is 0 Å². The van der Waals surface area contributed by atoms with Crippen molar-refractivity contribution < 1.29 is 19.4 Å². The minimum atomic E-state index is -0.463. The summed E-state index contributed by atoms with van der Waals surface area (Å²) in [6.45, 7) is 11.8. The van der Waals surface area contributed by atoms with Gasteiger partial charge in [-0.3, -0.25) is 4.79 Å². The Morgan fingerprint density at radius 3 is 0.859 bits per heavy atom. The molecule has 376 valence electrons. The van der Waals surface area contributed by atoms with Crippen LogP contribution in [0.5, 0.6) is 0 Å². The third-order valence-electron chi connectivity index (χ3n) is 12.1. The van der Waals surface area contributed by atoms with Crippen LogP contribution in [0.1, 0.15) is 59.1 Å². The number of nitrogens with zero attached hydrogens (tertiary/aromatic N) is 6. The number of hydrogen-bond acceptors (Lipinski definition) is 10. The van der Waals surface area contributed by atoms with Gasteiger partial charge in [0, 0.05) is 134 Å². The number of aliphatic hydroxyl groups excluding tert-OH is 1. The van der Waals surface area contributed by atoms with Gasteiger partial charge in [0.25, 0.3) is 0 Å². The molecule has 10 nitrogen and oxygen atoms in total. The molecule has 1 N–H and O–H groups in total.